The highest BCUT2D eigenvalue weighted by atomic mass is 16.5. The van der Waals surface area contributed by atoms with Gasteiger partial charge in [0.15, 0.2) is 0 Å². The summed E-state index contributed by atoms with van der Waals surface area (Å²) in [6.45, 7) is 15.0. The van der Waals surface area contributed by atoms with Crippen molar-refractivity contribution in [2.45, 2.75) is 348 Å². The molecule has 0 fully saturated rings. The molecular formula is C68H138N4O6. The standard InChI is InChI=1S/C68H138N4O6/c1-5-9-13-17-21-25-27-31-35-39-49-63(47-37-33-29-23-19-15-11-7-3)61-77-67(75)51-41-43-53-71(59-65(73)57-69)55-45-46-56-72(60-66(74)58-70)54-44-42-52-68(76)78-62-64(48-38-34-30-24-20-16-12-8-4)50-40-36-32-28-26-22-18-14-10-6-2/h63-66,73-74H,5-62,69-70H2,1-4H3. The summed E-state index contributed by atoms with van der Waals surface area (Å²) in [5.41, 5.74) is 11.7. The Kier molecular flexibility index (Phi) is 60.7. The van der Waals surface area contributed by atoms with E-state index < -0.39 is 12.2 Å². The first-order chi connectivity index (χ1) is 38.2. The molecule has 0 aliphatic rings. The van der Waals surface area contributed by atoms with Crippen LogP contribution in [0.2, 0.25) is 0 Å². The molecule has 0 bridgehead atoms. The summed E-state index contributed by atoms with van der Waals surface area (Å²) in [6, 6.07) is 0. The summed E-state index contributed by atoms with van der Waals surface area (Å²) in [6.07, 6.45) is 57.6. The van der Waals surface area contributed by atoms with Crippen molar-refractivity contribution in [3.63, 3.8) is 0 Å². The van der Waals surface area contributed by atoms with E-state index in [1.54, 1.807) is 0 Å². The Morgan fingerprint density at radius 1 is 0.333 bits per heavy atom. The van der Waals surface area contributed by atoms with E-state index in [4.69, 9.17) is 20.9 Å². The molecule has 0 spiro atoms. The molecule has 6 N–H and O–H groups in total. The Morgan fingerprint density at radius 2 is 0.551 bits per heavy atom. The minimum Gasteiger partial charge on any atom is -0.465 e. The van der Waals surface area contributed by atoms with Gasteiger partial charge >= 0.3 is 11.9 Å². The van der Waals surface area contributed by atoms with Gasteiger partial charge in [0.2, 0.25) is 0 Å². The van der Waals surface area contributed by atoms with E-state index in [-0.39, 0.29) is 25.0 Å². The molecule has 0 amide bonds. The van der Waals surface area contributed by atoms with Crippen molar-refractivity contribution in [2.75, 3.05) is 65.6 Å². The Morgan fingerprint density at radius 3 is 0.782 bits per heavy atom. The molecule has 10 nitrogen and oxygen atoms in total. The fourth-order valence-corrected chi connectivity index (χ4v) is 11.4. The molecule has 0 saturated heterocycles. The predicted molar refractivity (Wildman–Crippen MR) is 336 cm³/mol. The normalized spacial score (nSPS) is 13.4. The number of hydrogen-bond donors (Lipinski definition) is 4. The lowest BCUT2D eigenvalue weighted by Crippen LogP contribution is -2.39. The van der Waals surface area contributed by atoms with Crippen molar-refractivity contribution in [2.24, 2.45) is 23.3 Å². The molecule has 10 heteroatoms. The molecule has 0 aromatic heterocycles. The van der Waals surface area contributed by atoms with Crippen LogP contribution in [0, 0.1) is 11.8 Å². The first-order valence-electron chi connectivity index (χ1n) is 34.7. The van der Waals surface area contributed by atoms with Crippen LogP contribution in [0.25, 0.3) is 0 Å². The van der Waals surface area contributed by atoms with Crippen LogP contribution in [0.15, 0.2) is 0 Å². The maximum atomic E-state index is 13.0. The zero-order valence-electron chi connectivity index (χ0n) is 52.9. The minimum absolute atomic E-state index is 0.0722. The van der Waals surface area contributed by atoms with Crippen molar-refractivity contribution < 1.29 is 29.3 Å². The number of aliphatic hydroxyl groups is 2. The van der Waals surface area contributed by atoms with Crippen molar-refractivity contribution in [1.29, 1.82) is 0 Å². The van der Waals surface area contributed by atoms with Crippen molar-refractivity contribution in [3.8, 4) is 0 Å². The SMILES string of the molecule is CCCCCCCCCCCCC(CCCCCCCCCC)COC(=O)CCCCN(CCCCN(CCCCC(=O)OCC(CCCCCCCCCC)CCCCCCCCCCCC)CC(O)CN)CC(O)CN. The molecule has 4 unspecified atom stereocenters. The molecule has 0 radical (unpaired) electrons. The number of ether oxygens (including phenoxy) is 2. The molecule has 0 aromatic carbocycles. The summed E-state index contributed by atoms with van der Waals surface area (Å²) in [7, 11) is 0. The summed E-state index contributed by atoms with van der Waals surface area (Å²) < 4.78 is 11.9. The van der Waals surface area contributed by atoms with Crippen molar-refractivity contribution in [3.05, 3.63) is 0 Å². The second-order valence-corrected chi connectivity index (χ2v) is 24.6. The molecule has 78 heavy (non-hydrogen) atoms. The molecule has 4 atom stereocenters. The highest BCUT2D eigenvalue weighted by molar-refractivity contribution is 5.69. The lowest BCUT2D eigenvalue weighted by Gasteiger charge is -2.27. The second-order valence-electron chi connectivity index (χ2n) is 24.6. The summed E-state index contributed by atoms with van der Waals surface area (Å²) >= 11 is 0. The van der Waals surface area contributed by atoms with Crippen LogP contribution in [-0.4, -0.2) is 110 Å². The molecule has 0 rings (SSSR count). The van der Waals surface area contributed by atoms with Crippen LogP contribution in [0.4, 0.5) is 0 Å². The number of carbonyl (C=O) groups is 2. The number of rotatable bonds is 65. The van der Waals surface area contributed by atoms with Crippen LogP contribution in [0.3, 0.4) is 0 Å². The van der Waals surface area contributed by atoms with Gasteiger partial charge in [0.05, 0.1) is 25.4 Å². The molecule has 0 aromatic rings. The van der Waals surface area contributed by atoms with Crippen LogP contribution in [-0.2, 0) is 19.1 Å². The average molecular weight is 1110 g/mol. The number of hydrogen-bond acceptors (Lipinski definition) is 10. The Labute approximate surface area is 486 Å². The lowest BCUT2D eigenvalue weighted by molar-refractivity contribution is -0.146. The van der Waals surface area contributed by atoms with E-state index >= 15 is 0 Å². The summed E-state index contributed by atoms with van der Waals surface area (Å²) in [4.78, 5) is 30.6. The number of unbranched alkanes of at least 4 members (excludes halogenated alkanes) is 35. The number of aliphatic hydroxyl groups excluding tert-OH is 2. The van der Waals surface area contributed by atoms with Crippen LogP contribution < -0.4 is 11.5 Å². The summed E-state index contributed by atoms with van der Waals surface area (Å²) in [5.74, 6) is 0.792. The highest BCUT2D eigenvalue weighted by Crippen LogP contribution is 2.23. The topological polar surface area (TPSA) is 152 Å². The molecular weight excluding hydrogens is 969 g/mol. The van der Waals surface area contributed by atoms with Gasteiger partial charge in [0.25, 0.3) is 0 Å². The summed E-state index contributed by atoms with van der Waals surface area (Å²) in [5, 5.41) is 21.0. The van der Waals surface area contributed by atoms with Gasteiger partial charge < -0.3 is 41.0 Å². The van der Waals surface area contributed by atoms with Crippen molar-refractivity contribution in [1.82, 2.24) is 9.80 Å². The zero-order chi connectivity index (χ0) is 57.0. The van der Waals surface area contributed by atoms with Gasteiger partial charge in [0.1, 0.15) is 0 Å². The molecule has 0 aliphatic heterocycles. The maximum absolute atomic E-state index is 13.0. The van der Waals surface area contributed by atoms with Gasteiger partial charge in [-0.15, -0.1) is 0 Å². The van der Waals surface area contributed by atoms with Gasteiger partial charge in [-0.25, -0.2) is 0 Å². The van der Waals surface area contributed by atoms with Gasteiger partial charge in [-0.05, 0) is 102 Å². The van der Waals surface area contributed by atoms with Crippen molar-refractivity contribution >= 4 is 11.9 Å². The van der Waals surface area contributed by atoms with Crippen LogP contribution >= 0.6 is 0 Å². The number of carbonyl (C=O) groups excluding carboxylic acids is 2. The first-order valence-corrected chi connectivity index (χ1v) is 34.7. The third-order valence-electron chi connectivity index (χ3n) is 16.7. The number of esters is 2. The lowest BCUT2D eigenvalue weighted by atomic mass is 9.94. The van der Waals surface area contributed by atoms with Gasteiger partial charge in [-0.3, -0.25) is 9.59 Å². The van der Waals surface area contributed by atoms with Gasteiger partial charge in [-0.1, -0.05) is 259 Å². The molecule has 466 valence electrons. The fourth-order valence-electron chi connectivity index (χ4n) is 11.4. The smallest absolute Gasteiger partial charge is 0.305 e. The van der Waals surface area contributed by atoms with Crippen LogP contribution in [0.1, 0.15) is 336 Å². The van der Waals surface area contributed by atoms with E-state index in [0.29, 0.717) is 51.0 Å². The highest BCUT2D eigenvalue weighted by Gasteiger charge is 2.17. The first kappa shape index (κ1) is 76.7. The largest absolute Gasteiger partial charge is 0.465 e. The van der Waals surface area contributed by atoms with E-state index in [9.17, 15) is 19.8 Å². The maximum Gasteiger partial charge on any atom is 0.305 e. The second kappa shape index (κ2) is 61.8. The number of nitrogens with two attached hydrogens (primary N) is 2. The predicted octanol–water partition coefficient (Wildman–Crippen LogP) is 17.4. The average Bonchev–Trinajstić information content (AvgIpc) is 3.44. The van der Waals surface area contributed by atoms with Gasteiger partial charge in [-0.2, -0.15) is 0 Å². The number of nitrogens with zero attached hydrogens (tertiary/aromatic N) is 2. The fraction of sp³-hybridized carbons (Fsp3) is 0.971. The third-order valence-corrected chi connectivity index (χ3v) is 16.7. The third kappa shape index (κ3) is 55.2. The van der Waals surface area contributed by atoms with E-state index in [1.165, 1.54) is 257 Å². The quantitative estimate of drug-likeness (QED) is 0.0342. The molecule has 0 saturated carbocycles. The minimum atomic E-state index is -0.586. The Balaban J connectivity index is 4.90. The molecule has 0 heterocycles. The van der Waals surface area contributed by atoms with E-state index in [2.05, 4.69) is 37.5 Å². The Hall–Kier alpha value is -1.30. The monoisotopic (exact) mass is 1110 g/mol. The van der Waals surface area contributed by atoms with E-state index in [0.717, 1.165) is 64.7 Å². The van der Waals surface area contributed by atoms with Crippen LogP contribution in [0.5, 0.6) is 0 Å². The molecule has 0 aliphatic carbocycles. The zero-order valence-corrected chi connectivity index (χ0v) is 52.9. The van der Waals surface area contributed by atoms with Gasteiger partial charge in [0, 0.05) is 39.0 Å². The Bertz CT molecular complexity index is 1120. The van der Waals surface area contributed by atoms with E-state index in [1.807, 2.05) is 0 Å².